The van der Waals surface area contributed by atoms with Gasteiger partial charge in [-0.2, -0.15) is 0 Å². The molecule has 0 unspecified atom stereocenters. The Labute approximate surface area is 129 Å². The van der Waals surface area contributed by atoms with Crippen LogP contribution < -0.4 is 0 Å². The molecule has 1 aromatic carbocycles. The minimum Gasteiger partial charge on any atom is -0.481 e. The molecule has 5 heteroatoms. The molecule has 1 heterocycles. The average molecular weight is 300 g/mol. The van der Waals surface area contributed by atoms with Crippen LogP contribution in [-0.2, 0) is 4.79 Å². The van der Waals surface area contributed by atoms with Crippen molar-refractivity contribution in [2.75, 3.05) is 6.54 Å². The summed E-state index contributed by atoms with van der Waals surface area (Å²) in [5, 5.41) is 8.80. The molecule has 0 saturated carbocycles. The number of carboxylic acid groups (broad SMARTS) is 1. The molecule has 1 amide bonds. The van der Waals surface area contributed by atoms with Crippen LogP contribution in [0.1, 0.15) is 30.8 Å². The van der Waals surface area contributed by atoms with E-state index in [9.17, 15) is 9.59 Å². The first-order valence-electron chi connectivity index (χ1n) is 7.26. The van der Waals surface area contributed by atoms with Crippen molar-refractivity contribution in [2.24, 2.45) is 0 Å². The SMILES string of the molecule is CC(C)N(CCC(=O)O)C(=O)c1ccc(-c2ccccc2)[nH]1. The first-order valence-corrected chi connectivity index (χ1v) is 7.26. The van der Waals surface area contributed by atoms with Crippen molar-refractivity contribution < 1.29 is 14.7 Å². The van der Waals surface area contributed by atoms with E-state index < -0.39 is 5.97 Å². The number of amides is 1. The second-order valence-corrected chi connectivity index (χ2v) is 5.39. The van der Waals surface area contributed by atoms with Gasteiger partial charge in [0.15, 0.2) is 0 Å². The Balaban J connectivity index is 2.17. The molecule has 1 aromatic heterocycles. The molecule has 0 fully saturated rings. The van der Waals surface area contributed by atoms with Gasteiger partial charge in [-0.05, 0) is 31.5 Å². The number of carbonyl (C=O) groups is 2. The van der Waals surface area contributed by atoms with Crippen LogP contribution in [0.4, 0.5) is 0 Å². The third kappa shape index (κ3) is 3.75. The number of hydrogen-bond acceptors (Lipinski definition) is 2. The van der Waals surface area contributed by atoms with Crippen LogP contribution in [0.2, 0.25) is 0 Å². The first-order chi connectivity index (χ1) is 10.5. The van der Waals surface area contributed by atoms with Gasteiger partial charge in [0.25, 0.3) is 5.91 Å². The molecule has 116 valence electrons. The Morgan fingerprint density at radius 2 is 1.82 bits per heavy atom. The standard InChI is InChI=1S/C17H20N2O3/c1-12(2)19(11-10-16(20)21)17(22)15-9-8-14(18-15)13-6-4-3-5-7-13/h3-9,12,18H,10-11H2,1-2H3,(H,20,21). The highest BCUT2D eigenvalue weighted by Crippen LogP contribution is 2.19. The summed E-state index contributed by atoms with van der Waals surface area (Å²) >= 11 is 0. The zero-order chi connectivity index (χ0) is 16.1. The lowest BCUT2D eigenvalue weighted by Crippen LogP contribution is -2.38. The Kier molecular flexibility index (Phi) is 4.99. The minimum atomic E-state index is -0.907. The van der Waals surface area contributed by atoms with Gasteiger partial charge in [0.05, 0.1) is 6.42 Å². The summed E-state index contributed by atoms with van der Waals surface area (Å²) in [7, 11) is 0. The molecule has 0 aliphatic rings. The zero-order valence-electron chi connectivity index (χ0n) is 12.7. The molecule has 0 bridgehead atoms. The van der Waals surface area contributed by atoms with Crippen molar-refractivity contribution in [3.8, 4) is 11.3 Å². The van der Waals surface area contributed by atoms with Crippen LogP contribution in [0.15, 0.2) is 42.5 Å². The maximum absolute atomic E-state index is 12.5. The van der Waals surface area contributed by atoms with E-state index in [1.807, 2.05) is 50.2 Å². The number of benzene rings is 1. The average Bonchev–Trinajstić information content (AvgIpc) is 2.97. The number of carboxylic acids is 1. The monoisotopic (exact) mass is 300 g/mol. The predicted octanol–water partition coefficient (Wildman–Crippen LogP) is 3.01. The Hall–Kier alpha value is -2.56. The first kappa shape index (κ1) is 15.8. The maximum atomic E-state index is 12.5. The molecule has 0 atom stereocenters. The summed E-state index contributed by atoms with van der Waals surface area (Å²) in [6.07, 6.45) is -0.0594. The van der Waals surface area contributed by atoms with Crippen LogP contribution in [0.25, 0.3) is 11.3 Å². The summed E-state index contributed by atoms with van der Waals surface area (Å²) in [6.45, 7) is 3.95. The van der Waals surface area contributed by atoms with Crippen LogP contribution >= 0.6 is 0 Å². The van der Waals surface area contributed by atoms with E-state index in [1.165, 1.54) is 0 Å². The molecule has 2 rings (SSSR count). The molecule has 2 N–H and O–H groups in total. The topological polar surface area (TPSA) is 73.4 Å². The molecular formula is C17H20N2O3. The number of H-pyrrole nitrogens is 1. The summed E-state index contributed by atoms with van der Waals surface area (Å²) in [5.74, 6) is -1.09. The highest BCUT2D eigenvalue weighted by molar-refractivity contribution is 5.93. The number of aliphatic carboxylic acids is 1. The molecule has 2 aromatic rings. The van der Waals surface area contributed by atoms with Gasteiger partial charge in [0, 0.05) is 18.3 Å². The van der Waals surface area contributed by atoms with E-state index in [1.54, 1.807) is 11.0 Å². The van der Waals surface area contributed by atoms with Gasteiger partial charge < -0.3 is 15.0 Å². The van der Waals surface area contributed by atoms with Crippen LogP contribution in [0, 0.1) is 0 Å². The van der Waals surface area contributed by atoms with Crippen molar-refractivity contribution in [1.82, 2.24) is 9.88 Å². The van der Waals surface area contributed by atoms with E-state index in [0.717, 1.165) is 11.3 Å². The Morgan fingerprint density at radius 3 is 2.41 bits per heavy atom. The van der Waals surface area contributed by atoms with Gasteiger partial charge in [-0.1, -0.05) is 30.3 Å². The lowest BCUT2D eigenvalue weighted by Gasteiger charge is -2.25. The molecule has 5 nitrogen and oxygen atoms in total. The molecule has 0 aliphatic carbocycles. The number of carbonyl (C=O) groups excluding carboxylic acids is 1. The van der Waals surface area contributed by atoms with Crippen LogP contribution in [0.5, 0.6) is 0 Å². The van der Waals surface area contributed by atoms with Crippen molar-refractivity contribution in [3.63, 3.8) is 0 Å². The fraction of sp³-hybridized carbons (Fsp3) is 0.294. The van der Waals surface area contributed by atoms with Gasteiger partial charge >= 0.3 is 5.97 Å². The number of aromatic nitrogens is 1. The van der Waals surface area contributed by atoms with E-state index in [0.29, 0.717) is 5.69 Å². The summed E-state index contributed by atoms with van der Waals surface area (Å²) in [5.41, 5.74) is 2.34. The van der Waals surface area contributed by atoms with E-state index in [4.69, 9.17) is 5.11 Å². The van der Waals surface area contributed by atoms with Gasteiger partial charge in [-0.25, -0.2) is 0 Å². The fourth-order valence-corrected chi connectivity index (χ4v) is 2.27. The van der Waals surface area contributed by atoms with E-state index in [2.05, 4.69) is 4.98 Å². The van der Waals surface area contributed by atoms with E-state index in [-0.39, 0.29) is 24.9 Å². The Morgan fingerprint density at radius 1 is 1.14 bits per heavy atom. The number of nitrogens with zero attached hydrogens (tertiary/aromatic N) is 1. The normalized spacial score (nSPS) is 10.7. The largest absolute Gasteiger partial charge is 0.481 e. The van der Waals surface area contributed by atoms with Crippen molar-refractivity contribution in [3.05, 3.63) is 48.2 Å². The number of rotatable bonds is 6. The van der Waals surface area contributed by atoms with Crippen LogP contribution in [-0.4, -0.2) is 39.5 Å². The Bertz CT molecular complexity index is 647. The number of nitrogens with one attached hydrogen (secondary N) is 1. The second-order valence-electron chi connectivity index (χ2n) is 5.39. The fourth-order valence-electron chi connectivity index (χ4n) is 2.27. The third-order valence-corrected chi connectivity index (χ3v) is 3.45. The maximum Gasteiger partial charge on any atom is 0.305 e. The third-order valence-electron chi connectivity index (χ3n) is 3.45. The highest BCUT2D eigenvalue weighted by Gasteiger charge is 2.21. The van der Waals surface area contributed by atoms with Crippen molar-refractivity contribution in [2.45, 2.75) is 26.3 Å². The molecular weight excluding hydrogens is 280 g/mol. The molecule has 0 radical (unpaired) electrons. The van der Waals surface area contributed by atoms with Crippen LogP contribution in [0.3, 0.4) is 0 Å². The van der Waals surface area contributed by atoms with Crippen molar-refractivity contribution in [1.29, 1.82) is 0 Å². The summed E-state index contributed by atoms with van der Waals surface area (Å²) in [4.78, 5) is 28.0. The quantitative estimate of drug-likeness (QED) is 0.861. The predicted molar refractivity (Wildman–Crippen MR) is 84.7 cm³/mol. The molecule has 0 saturated heterocycles. The lowest BCUT2D eigenvalue weighted by atomic mass is 10.2. The minimum absolute atomic E-state index is 0.0594. The lowest BCUT2D eigenvalue weighted by molar-refractivity contribution is -0.137. The number of aromatic amines is 1. The number of hydrogen-bond donors (Lipinski definition) is 2. The molecule has 22 heavy (non-hydrogen) atoms. The van der Waals surface area contributed by atoms with Gasteiger partial charge in [0.1, 0.15) is 5.69 Å². The van der Waals surface area contributed by atoms with Gasteiger partial charge in [-0.15, -0.1) is 0 Å². The van der Waals surface area contributed by atoms with Gasteiger partial charge in [0.2, 0.25) is 0 Å². The summed E-state index contributed by atoms with van der Waals surface area (Å²) in [6, 6.07) is 13.3. The highest BCUT2D eigenvalue weighted by atomic mass is 16.4. The summed E-state index contributed by atoms with van der Waals surface area (Å²) < 4.78 is 0. The van der Waals surface area contributed by atoms with Gasteiger partial charge in [-0.3, -0.25) is 9.59 Å². The molecule has 0 spiro atoms. The van der Waals surface area contributed by atoms with E-state index >= 15 is 0 Å². The van der Waals surface area contributed by atoms with Crippen molar-refractivity contribution >= 4 is 11.9 Å². The zero-order valence-corrected chi connectivity index (χ0v) is 12.7. The second kappa shape index (κ2) is 6.93. The smallest absolute Gasteiger partial charge is 0.305 e. The molecule has 0 aliphatic heterocycles.